The highest BCUT2D eigenvalue weighted by Gasteiger charge is 2.19. The third kappa shape index (κ3) is 4.45. The van der Waals surface area contributed by atoms with Crippen LogP contribution in [0.1, 0.15) is 29.8 Å². The molecule has 2 heterocycles. The molecule has 166 valence electrons. The lowest BCUT2D eigenvalue weighted by atomic mass is 10.1. The van der Waals surface area contributed by atoms with Gasteiger partial charge in [-0.15, -0.1) is 0 Å². The summed E-state index contributed by atoms with van der Waals surface area (Å²) < 4.78 is 8.10. The maximum Gasteiger partial charge on any atom is 0.240 e. The summed E-state index contributed by atoms with van der Waals surface area (Å²) in [7, 11) is 3.52. The quantitative estimate of drug-likeness (QED) is 0.452. The van der Waals surface area contributed by atoms with Crippen LogP contribution in [0.3, 0.4) is 0 Å². The molecular weight excluding hydrogens is 422 g/mol. The van der Waals surface area contributed by atoms with Crippen molar-refractivity contribution in [1.29, 1.82) is 0 Å². The Kier molecular flexibility index (Phi) is 6.14. The van der Waals surface area contributed by atoms with Gasteiger partial charge in [-0.25, -0.2) is 4.68 Å². The molecule has 0 aliphatic heterocycles. The molecule has 2 aromatic heterocycles. The van der Waals surface area contributed by atoms with Crippen LogP contribution in [0.5, 0.6) is 5.75 Å². The molecule has 0 radical (unpaired) electrons. The van der Waals surface area contributed by atoms with Crippen molar-refractivity contribution in [3.05, 3.63) is 65.4 Å². The largest absolute Gasteiger partial charge is 0.497 e. The van der Waals surface area contributed by atoms with Gasteiger partial charge in [0.25, 0.3) is 0 Å². The van der Waals surface area contributed by atoms with Crippen LogP contribution in [0.2, 0.25) is 0 Å². The summed E-state index contributed by atoms with van der Waals surface area (Å²) in [5.74, 6) is 0.731. The number of thiazole rings is 1. The van der Waals surface area contributed by atoms with E-state index in [2.05, 4.69) is 29.5 Å². The van der Waals surface area contributed by atoms with Crippen molar-refractivity contribution in [3.63, 3.8) is 0 Å². The standard InChI is InChI=1S/C24H27N5O2S/c1-15-7-6-8-19(13-15)29-23-22(17(3)27-29)32-24(26-23)28(4)14-21(30)25-16(2)18-9-11-20(31-5)12-10-18/h6-13,16H,14H2,1-5H3,(H,25,30)/t16-/m0/s1. The summed E-state index contributed by atoms with van der Waals surface area (Å²) >= 11 is 1.55. The van der Waals surface area contributed by atoms with Crippen molar-refractivity contribution in [1.82, 2.24) is 20.1 Å². The summed E-state index contributed by atoms with van der Waals surface area (Å²) in [6.07, 6.45) is 0. The minimum Gasteiger partial charge on any atom is -0.497 e. The first-order chi connectivity index (χ1) is 15.4. The number of amides is 1. The molecule has 0 aliphatic rings. The molecule has 32 heavy (non-hydrogen) atoms. The van der Waals surface area contributed by atoms with Crippen LogP contribution in [-0.4, -0.2) is 41.4 Å². The lowest BCUT2D eigenvalue weighted by Crippen LogP contribution is -2.36. The molecular formula is C24H27N5O2S. The summed E-state index contributed by atoms with van der Waals surface area (Å²) in [5, 5.41) is 8.51. The van der Waals surface area contributed by atoms with Gasteiger partial charge in [0.1, 0.15) is 5.75 Å². The van der Waals surface area contributed by atoms with Crippen LogP contribution in [0.25, 0.3) is 16.0 Å². The number of methoxy groups -OCH3 is 1. The number of carbonyl (C=O) groups excluding carboxylic acids is 1. The van der Waals surface area contributed by atoms with E-state index in [1.165, 1.54) is 5.56 Å². The van der Waals surface area contributed by atoms with Crippen molar-refractivity contribution in [2.45, 2.75) is 26.8 Å². The number of fused-ring (bicyclic) bond motifs is 1. The maximum absolute atomic E-state index is 12.7. The minimum atomic E-state index is -0.103. The highest BCUT2D eigenvalue weighted by molar-refractivity contribution is 7.22. The molecule has 1 amide bonds. The second kappa shape index (κ2) is 9.00. The monoisotopic (exact) mass is 449 g/mol. The summed E-state index contributed by atoms with van der Waals surface area (Å²) in [4.78, 5) is 19.3. The molecule has 8 heteroatoms. The first kappa shape index (κ1) is 21.8. The third-order valence-electron chi connectivity index (χ3n) is 5.32. The van der Waals surface area contributed by atoms with E-state index in [1.54, 1.807) is 18.4 Å². The third-order valence-corrected chi connectivity index (χ3v) is 6.59. The van der Waals surface area contributed by atoms with Gasteiger partial charge in [0, 0.05) is 7.05 Å². The number of aromatic nitrogens is 3. The van der Waals surface area contributed by atoms with E-state index in [-0.39, 0.29) is 18.5 Å². The Balaban J connectivity index is 1.48. The van der Waals surface area contributed by atoms with Gasteiger partial charge in [-0.05, 0) is 56.2 Å². The van der Waals surface area contributed by atoms with Crippen molar-refractivity contribution < 1.29 is 9.53 Å². The number of likely N-dealkylation sites (N-methyl/N-ethyl adjacent to an activating group) is 1. The van der Waals surface area contributed by atoms with Crippen molar-refractivity contribution >= 4 is 32.7 Å². The molecule has 1 N–H and O–H groups in total. The van der Waals surface area contributed by atoms with E-state index in [9.17, 15) is 4.79 Å². The summed E-state index contributed by atoms with van der Waals surface area (Å²) in [6.45, 7) is 6.23. The first-order valence-electron chi connectivity index (χ1n) is 10.4. The molecule has 0 fully saturated rings. The lowest BCUT2D eigenvalue weighted by Gasteiger charge is -2.19. The molecule has 2 aromatic carbocycles. The molecule has 1 atom stereocenters. The Hall–Kier alpha value is -3.39. The molecule has 0 spiro atoms. The zero-order valence-electron chi connectivity index (χ0n) is 18.9. The minimum absolute atomic E-state index is 0.0629. The highest BCUT2D eigenvalue weighted by atomic mass is 32.1. The molecule has 0 bridgehead atoms. The Morgan fingerprint density at radius 1 is 1.22 bits per heavy atom. The first-order valence-corrected chi connectivity index (χ1v) is 11.2. The van der Waals surface area contributed by atoms with E-state index in [0.717, 1.165) is 38.2 Å². The number of benzene rings is 2. The zero-order valence-corrected chi connectivity index (χ0v) is 19.7. The number of ether oxygens (including phenoxy) is 1. The van der Waals surface area contributed by atoms with Gasteiger partial charge in [0.2, 0.25) is 5.91 Å². The second-order valence-electron chi connectivity index (χ2n) is 7.90. The number of carbonyl (C=O) groups is 1. The highest BCUT2D eigenvalue weighted by Crippen LogP contribution is 2.32. The van der Waals surface area contributed by atoms with Crippen LogP contribution < -0.4 is 15.0 Å². The number of hydrogen-bond acceptors (Lipinski definition) is 6. The number of nitrogens with zero attached hydrogens (tertiary/aromatic N) is 4. The van der Waals surface area contributed by atoms with Gasteiger partial charge in [-0.1, -0.05) is 35.6 Å². The van der Waals surface area contributed by atoms with Gasteiger partial charge in [0.05, 0.1) is 35.8 Å². The number of aryl methyl sites for hydroxylation is 2. The van der Waals surface area contributed by atoms with Gasteiger partial charge in [-0.3, -0.25) is 4.79 Å². The molecule has 0 aliphatic carbocycles. The van der Waals surface area contributed by atoms with E-state index >= 15 is 0 Å². The smallest absolute Gasteiger partial charge is 0.240 e. The second-order valence-corrected chi connectivity index (χ2v) is 8.88. The zero-order chi connectivity index (χ0) is 22.8. The van der Waals surface area contributed by atoms with Gasteiger partial charge in [-0.2, -0.15) is 10.1 Å². The fourth-order valence-electron chi connectivity index (χ4n) is 3.57. The van der Waals surface area contributed by atoms with Crippen LogP contribution in [0.15, 0.2) is 48.5 Å². The molecule has 0 unspecified atom stereocenters. The Bertz CT molecular complexity index is 1250. The predicted octanol–water partition coefficient (Wildman–Crippen LogP) is 4.42. The molecule has 0 saturated heterocycles. The number of rotatable bonds is 7. The van der Waals surface area contributed by atoms with Crippen LogP contribution >= 0.6 is 11.3 Å². The molecule has 7 nitrogen and oxygen atoms in total. The molecule has 0 saturated carbocycles. The summed E-state index contributed by atoms with van der Waals surface area (Å²) in [5.41, 5.74) is 4.91. The Morgan fingerprint density at radius 2 is 1.97 bits per heavy atom. The van der Waals surface area contributed by atoms with E-state index in [4.69, 9.17) is 9.72 Å². The lowest BCUT2D eigenvalue weighted by molar-refractivity contribution is -0.120. The Morgan fingerprint density at radius 3 is 2.66 bits per heavy atom. The topological polar surface area (TPSA) is 72.3 Å². The van der Waals surface area contributed by atoms with Gasteiger partial charge < -0.3 is 15.0 Å². The number of nitrogens with one attached hydrogen (secondary N) is 1. The maximum atomic E-state index is 12.7. The fraction of sp³-hybridized carbons (Fsp3) is 0.292. The van der Waals surface area contributed by atoms with Crippen molar-refractivity contribution in [2.24, 2.45) is 0 Å². The van der Waals surface area contributed by atoms with Crippen LogP contribution in [-0.2, 0) is 4.79 Å². The molecule has 4 aromatic rings. The SMILES string of the molecule is COc1ccc([C@H](C)NC(=O)CN(C)c2nc3c(s2)c(C)nn3-c2cccc(C)c2)cc1. The normalized spacial score (nSPS) is 12.0. The van der Waals surface area contributed by atoms with Gasteiger partial charge in [0.15, 0.2) is 10.8 Å². The Labute approximate surface area is 191 Å². The van der Waals surface area contributed by atoms with E-state index < -0.39 is 0 Å². The van der Waals surface area contributed by atoms with Crippen LogP contribution in [0.4, 0.5) is 5.13 Å². The van der Waals surface area contributed by atoms with Crippen LogP contribution in [0, 0.1) is 13.8 Å². The predicted molar refractivity (Wildman–Crippen MR) is 129 cm³/mol. The van der Waals surface area contributed by atoms with E-state index in [1.807, 2.05) is 66.9 Å². The molecule has 4 rings (SSSR count). The number of anilines is 1. The van der Waals surface area contributed by atoms with Gasteiger partial charge >= 0.3 is 0 Å². The number of hydrogen-bond donors (Lipinski definition) is 1. The van der Waals surface area contributed by atoms with E-state index in [0.29, 0.717) is 0 Å². The average molecular weight is 450 g/mol. The van der Waals surface area contributed by atoms with Crippen molar-refractivity contribution in [2.75, 3.05) is 25.6 Å². The van der Waals surface area contributed by atoms with Crippen molar-refractivity contribution in [3.8, 4) is 11.4 Å². The average Bonchev–Trinajstić information content (AvgIpc) is 3.34. The fourth-order valence-corrected chi connectivity index (χ4v) is 4.52. The summed E-state index contributed by atoms with van der Waals surface area (Å²) in [6, 6.07) is 15.8.